The summed E-state index contributed by atoms with van der Waals surface area (Å²) in [5.74, 6) is 0.530. The summed E-state index contributed by atoms with van der Waals surface area (Å²) in [5.41, 5.74) is 5.47. The van der Waals surface area contributed by atoms with Crippen molar-refractivity contribution in [2.24, 2.45) is 5.92 Å². The van der Waals surface area contributed by atoms with Gasteiger partial charge >= 0.3 is 0 Å². The first kappa shape index (κ1) is 49.1. The summed E-state index contributed by atoms with van der Waals surface area (Å²) < 4.78 is 13.2. The monoisotopic (exact) mass is 930 g/mol. The molecule has 0 radical (unpaired) electrons. The van der Waals surface area contributed by atoms with Crippen molar-refractivity contribution < 1.29 is 49.7 Å². The third-order valence-corrected chi connectivity index (χ3v) is 16.3. The van der Waals surface area contributed by atoms with Crippen LogP contribution in [-0.4, -0.2) is 92.6 Å². The van der Waals surface area contributed by atoms with Crippen molar-refractivity contribution in [2.45, 2.75) is 133 Å². The molecule has 14 heteroatoms. The van der Waals surface area contributed by atoms with Gasteiger partial charge in [-0.15, -0.1) is 0 Å². The lowest BCUT2D eigenvalue weighted by Gasteiger charge is -2.34. The van der Waals surface area contributed by atoms with Crippen LogP contribution in [0.1, 0.15) is 123 Å². The topological polar surface area (TPSA) is 198 Å². The molecule has 2 aliphatic carbocycles. The van der Waals surface area contributed by atoms with E-state index in [1.165, 1.54) is 14.0 Å². The Labute approximate surface area is 390 Å². The Balaban J connectivity index is 1.33. The summed E-state index contributed by atoms with van der Waals surface area (Å²) in [7, 11) is 4.81. The van der Waals surface area contributed by atoms with Crippen LogP contribution in [0.2, 0.25) is 0 Å². The fourth-order valence-corrected chi connectivity index (χ4v) is 13.0. The van der Waals surface area contributed by atoms with E-state index in [2.05, 4.69) is 10.6 Å². The summed E-state index contributed by atoms with van der Waals surface area (Å²) in [5, 5.41) is 74.2. The standard InChI is InChI=1S/C51H66N2O10S2/c1-31(56)28-53-43-25-34(7-5-22-54)42(24-36(43)29-55)50(52-21-6-20-51(61)18-3-4-19-51)63-45-27-38(58)14-9-33-11-16-44(60)49(62-2)47(33)40-15-10-32-8-13-37(57)26-41(32)48(40)46-17-12-35(45)23-39(59)30-64-65-46/h8,10-11,13,15-16,24-26,35,39,45-46,50,52-55,57,59-61H,3-7,9,12,14,17-23,27-30H2,1-2H3. The number of carbonyl (C=O) groups is 2. The minimum Gasteiger partial charge on any atom is -0.508 e. The van der Waals surface area contributed by atoms with Crippen LogP contribution in [0, 0.1) is 5.92 Å². The minimum atomic E-state index is -0.771. The van der Waals surface area contributed by atoms with Gasteiger partial charge in [0.2, 0.25) is 0 Å². The maximum Gasteiger partial charge on any atom is 0.168 e. The van der Waals surface area contributed by atoms with Gasteiger partial charge in [-0.3, -0.25) is 14.9 Å². The number of nitrogens with one attached hydrogen (secondary N) is 2. The highest BCUT2D eigenvalue weighted by Crippen LogP contribution is 2.53. The van der Waals surface area contributed by atoms with Gasteiger partial charge in [0.1, 0.15) is 23.5 Å². The molecule has 8 N–H and O–H groups in total. The number of hydrogen-bond acceptors (Lipinski definition) is 14. The Bertz CT molecular complexity index is 2280. The Morgan fingerprint density at radius 2 is 1.78 bits per heavy atom. The van der Waals surface area contributed by atoms with Crippen LogP contribution in [0.15, 0.2) is 54.6 Å². The van der Waals surface area contributed by atoms with Gasteiger partial charge in [-0.1, -0.05) is 58.7 Å². The zero-order chi connectivity index (χ0) is 46.1. The van der Waals surface area contributed by atoms with E-state index in [-0.39, 0.29) is 66.8 Å². The van der Waals surface area contributed by atoms with Crippen LogP contribution in [0.25, 0.3) is 21.9 Å². The molecule has 1 aliphatic heterocycles. The second kappa shape index (κ2) is 22.8. The van der Waals surface area contributed by atoms with E-state index in [1.54, 1.807) is 39.8 Å². The van der Waals surface area contributed by atoms with Crippen LogP contribution in [-0.2, 0) is 33.8 Å². The second-order valence-corrected chi connectivity index (χ2v) is 20.8. The van der Waals surface area contributed by atoms with Crippen LogP contribution < -0.4 is 15.4 Å². The summed E-state index contributed by atoms with van der Waals surface area (Å²) in [4.78, 5) is 26.5. The Morgan fingerprint density at radius 1 is 0.985 bits per heavy atom. The van der Waals surface area contributed by atoms with Crippen LogP contribution in [0.4, 0.5) is 5.69 Å². The van der Waals surface area contributed by atoms with E-state index in [4.69, 9.17) is 9.47 Å². The first-order valence-electron chi connectivity index (χ1n) is 23.2. The number of hydrogen-bond donors (Lipinski definition) is 8. The van der Waals surface area contributed by atoms with Crippen molar-refractivity contribution in [1.82, 2.24) is 5.32 Å². The fourth-order valence-electron chi connectivity index (χ4n) is 10.1. The summed E-state index contributed by atoms with van der Waals surface area (Å²) in [6.45, 7) is 1.72. The molecule has 1 saturated heterocycles. The van der Waals surface area contributed by atoms with E-state index in [9.17, 15) is 40.2 Å². The number of fused-ring (bicyclic) bond motifs is 9. The molecule has 65 heavy (non-hydrogen) atoms. The normalized spacial score (nSPS) is 21.8. The summed E-state index contributed by atoms with van der Waals surface area (Å²) in [6.07, 6.45) is 5.96. The van der Waals surface area contributed by atoms with Gasteiger partial charge in [-0.2, -0.15) is 0 Å². The van der Waals surface area contributed by atoms with E-state index >= 15 is 0 Å². The van der Waals surface area contributed by atoms with Gasteiger partial charge in [0.05, 0.1) is 38.1 Å². The lowest BCUT2D eigenvalue weighted by atomic mass is 9.85. The molecule has 2 fully saturated rings. The van der Waals surface area contributed by atoms with Gasteiger partial charge < -0.3 is 45.4 Å². The molecule has 1 saturated carbocycles. The van der Waals surface area contributed by atoms with Crippen LogP contribution >= 0.6 is 21.6 Å². The molecular weight excluding hydrogens is 865 g/mol. The van der Waals surface area contributed by atoms with Crippen molar-refractivity contribution in [2.75, 3.05) is 37.9 Å². The molecule has 2 bridgehead atoms. The Hall–Kier alpha value is -3.86. The number of rotatable bonds is 16. The van der Waals surface area contributed by atoms with Gasteiger partial charge in [-0.25, -0.2) is 0 Å². The zero-order valence-corrected chi connectivity index (χ0v) is 39.3. The smallest absolute Gasteiger partial charge is 0.168 e. The number of anilines is 1. The van der Waals surface area contributed by atoms with Crippen molar-refractivity contribution in [3.63, 3.8) is 0 Å². The minimum absolute atomic E-state index is 0.0154. The molecule has 5 atom stereocenters. The molecule has 12 nitrogen and oxygen atoms in total. The van der Waals surface area contributed by atoms with E-state index in [0.29, 0.717) is 86.2 Å². The van der Waals surface area contributed by atoms with Gasteiger partial charge in [0.15, 0.2) is 11.5 Å². The Kier molecular flexibility index (Phi) is 17.2. The first-order valence-corrected chi connectivity index (χ1v) is 25.6. The number of ether oxygens (including phenoxy) is 2. The van der Waals surface area contributed by atoms with E-state index in [1.807, 2.05) is 36.4 Å². The lowest BCUT2D eigenvalue weighted by Crippen LogP contribution is -2.37. The molecule has 0 aromatic heterocycles. The molecule has 3 aliphatic rings. The first-order chi connectivity index (χ1) is 31.4. The highest BCUT2D eigenvalue weighted by atomic mass is 33.1. The quantitative estimate of drug-likeness (QED) is 0.0302. The Morgan fingerprint density at radius 3 is 2.54 bits per heavy atom. The number of aryl methyl sites for hydroxylation is 2. The number of carbonyl (C=O) groups excluding carboxylic acids is 2. The molecular formula is C51H66N2O10S2. The third kappa shape index (κ3) is 12.2. The number of methoxy groups -OCH3 is 1. The van der Waals surface area contributed by atoms with Gasteiger partial charge in [0, 0.05) is 47.3 Å². The van der Waals surface area contributed by atoms with Crippen LogP contribution in [0.5, 0.6) is 17.2 Å². The zero-order valence-electron chi connectivity index (χ0n) is 37.7. The van der Waals surface area contributed by atoms with Crippen molar-refractivity contribution in [3.05, 3.63) is 82.4 Å². The molecule has 352 valence electrons. The number of Topliss-reactive ketones (excluding diaryl/α,β-unsaturated/α-hetero) is 2. The average molecular weight is 931 g/mol. The molecule has 1 heterocycles. The third-order valence-electron chi connectivity index (χ3n) is 13.5. The molecule has 0 amide bonds. The highest BCUT2D eigenvalue weighted by Gasteiger charge is 2.36. The maximum absolute atomic E-state index is 14.5. The van der Waals surface area contributed by atoms with Gasteiger partial charge in [0.25, 0.3) is 0 Å². The number of ketones is 2. The van der Waals surface area contributed by atoms with E-state index in [0.717, 1.165) is 64.3 Å². The number of aromatic hydroxyl groups is 2. The van der Waals surface area contributed by atoms with Crippen molar-refractivity contribution in [1.29, 1.82) is 0 Å². The number of benzene rings is 4. The maximum atomic E-state index is 14.5. The number of phenolic OH excluding ortho intramolecular Hbond substituents is 2. The van der Waals surface area contributed by atoms with Gasteiger partial charge in [-0.05, 0) is 153 Å². The second-order valence-electron chi connectivity index (χ2n) is 18.2. The van der Waals surface area contributed by atoms with Crippen molar-refractivity contribution in [3.8, 4) is 28.4 Å². The average Bonchev–Trinajstić information content (AvgIpc) is 3.76. The predicted octanol–water partition coefficient (Wildman–Crippen LogP) is 8.59. The van der Waals surface area contributed by atoms with Crippen molar-refractivity contribution >= 4 is 49.6 Å². The predicted molar refractivity (Wildman–Crippen MR) is 259 cm³/mol. The van der Waals surface area contributed by atoms with Crippen LogP contribution in [0.3, 0.4) is 0 Å². The highest BCUT2D eigenvalue weighted by molar-refractivity contribution is 8.76. The summed E-state index contributed by atoms with van der Waals surface area (Å²) >= 11 is 0. The largest absolute Gasteiger partial charge is 0.508 e. The SMILES string of the molecule is COc1c(O)ccc2c1-c1ccc3ccc(O)cc3c1C1CCC(CC(O)CSS1)C(OC(NCCCC1(O)CCCC1)c1cc(CO)c(NCC(C)=O)cc1CCCO)CC(=O)CC2. The molecule has 7 rings (SSSR count). The molecule has 5 unspecified atom stereocenters. The number of aliphatic hydroxyl groups excluding tert-OH is 3. The van der Waals surface area contributed by atoms with E-state index < -0.39 is 24.0 Å². The molecule has 0 spiro atoms. The fraction of sp³-hybridized carbons (Fsp3) is 0.529. The lowest BCUT2D eigenvalue weighted by molar-refractivity contribution is -0.127. The number of aliphatic hydroxyl groups is 4. The summed E-state index contributed by atoms with van der Waals surface area (Å²) in [6, 6.07) is 16.7. The molecule has 4 aromatic carbocycles. The molecule has 4 aromatic rings. The number of phenols is 2.